The second kappa shape index (κ2) is 7.93. The van der Waals surface area contributed by atoms with Gasteiger partial charge in [0.25, 0.3) is 10.0 Å². The molecule has 0 N–H and O–H groups in total. The zero-order valence-electron chi connectivity index (χ0n) is 14.7. The number of anilines is 1. The number of para-hydroxylation sites is 1. The standard InChI is InChI=1S/C20H20N2O2S2/c1-3-22(17-7-5-4-6-8-17)26(23,24)19-13-14-20(21-15-19)25-18-11-9-16(2)10-12-18/h4-15H,3H2,1-2H3. The molecule has 3 rings (SSSR count). The summed E-state index contributed by atoms with van der Waals surface area (Å²) in [5.41, 5.74) is 1.84. The molecule has 1 aromatic heterocycles. The molecular formula is C20H20N2O2S2. The predicted molar refractivity (Wildman–Crippen MR) is 106 cm³/mol. The third-order valence-electron chi connectivity index (χ3n) is 3.87. The Labute approximate surface area is 159 Å². The maximum Gasteiger partial charge on any atom is 0.265 e. The van der Waals surface area contributed by atoms with Crippen LogP contribution in [0.5, 0.6) is 0 Å². The molecular weight excluding hydrogens is 364 g/mol. The Morgan fingerprint density at radius 2 is 1.65 bits per heavy atom. The molecule has 1 heterocycles. The van der Waals surface area contributed by atoms with Gasteiger partial charge in [0, 0.05) is 17.6 Å². The van der Waals surface area contributed by atoms with Crippen molar-refractivity contribution in [3.05, 3.63) is 78.5 Å². The summed E-state index contributed by atoms with van der Waals surface area (Å²) in [6, 6.07) is 20.6. The third kappa shape index (κ3) is 4.08. The van der Waals surface area contributed by atoms with Crippen LogP contribution in [0.15, 0.2) is 87.7 Å². The number of aromatic nitrogens is 1. The first-order valence-electron chi connectivity index (χ1n) is 8.29. The fraction of sp³-hybridized carbons (Fsp3) is 0.150. The van der Waals surface area contributed by atoms with E-state index in [0.717, 1.165) is 9.92 Å². The Morgan fingerprint density at radius 1 is 0.962 bits per heavy atom. The van der Waals surface area contributed by atoms with E-state index < -0.39 is 10.0 Å². The first kappa shape index (κ1) is 18.5. The maximum atomic E-state index is 13.0. The number of rotatable bonds is 6. The number of pyridine rings is 1. The summed E-state index contributed by atoms with van der Waals surface area (Å²) in [6.45, 7) is 4.21. The lowest BCUT2D eigenvalue weighted by molar-refractivity contribution is 0.591. The van der Waals surface area contributed by atoms with E-state index >= 15 is 0 Å². The van der Waals surface area contributed by atoms with Gasteiger partial charge in [-0.1, -0.05) is 47.7 Å². The number of benzene rings is 2. The van der Waals surface area contributed by atoms with Gasteiger partial charge in [-0.25, -0.2) is 13.4 Å². The SMILES string of the molecule is CCN(c1ccccc1)S(=O)(=O)c1ccc(Sc2ccc(C)cc2)nc1. The molecule has 0 aliphatic carbocycles. The lowest BCUT2D eigenvalue weighted by Gasteiger charge is -2.22. The molecule has 0 saturated carbocycles. The molecule has 0 spiro atoms. The van der Waals surface area contributed by atoms with Gasteiger partial charge in [0.2, 0.25) is 0 Å². The molecule has 26 heavy (non-hydrogen) atoms. The van der Waals surface area contributed by atoms with Gasteiger partial charge in [-0.2, -0.15) is 0 Å². The number of aryl methyl sites for hydroxylation is 1. The molecule has 0 aliphatic rings. The van der Waals surface area contributed by atoms with Crippen molar-refractivity contribution < 1.29 is 8.42 Å². The van der Waals surface area contributed by atoms with E-state index in [-0.39, 0.29) is 4.90 Å². The van der Waals surface area contributed by atoms with Gasteiger partial charge in [-0.05, 0) is 50.2 Å². The van der Waals surface area contributed by atoms with Gasteiger partial charge in [0.15, 0.2) is 0 Å². The molecule has 2 aromatic carbocycles. The lowest BCUT2D eigenvalue weighted by atomic mass is 10.2. The summed E-state index contributed by atoms with van der Waals surface area (Å²) < 4.78 is 27.3. The number of hydrogen-bond acceptors (Lipinski definition) is 4. The second-order valence-corrected chi connectivity index (χ2v) is 8.71. The van der Waals surface area contributed by atoms with Crippen molar-refractivity contribution >= 4 is 27.5 Å². The van der Waals surface area contributed by atoms with E-state index in [1.54, 1.807) is 24.3 Å². The van der Waals surface area contributed by atoms with Crippen LogP contribution in [0.4, 0.5) is 5.69 Å². The van der Waals surface area contributed by atoms with E-state index in [0.29, 0.717) is 12.2 Å². The van der Waals surface area contributed by atoms with E-state index in [9.17, 15) is 8.42 Å². The van der Waals surface area contributed by atoms with Gasteiger partial charge in [-0.15, -0.1) is 0 Å². The highest BCUT2D eigenvalue weighted by molar-refractivity contribution is 7.99. The smallest absolute Gasteiger partial charge is 0.265 e. The topological polar surface area (TPSA) is 50.3 Å². The Morgan fingerprint density at radius 3 is 2.23 bits per heavy atom. The summed E-state index contributed by atoms with van der Waals surface area (Å²) in [7, 11) is -3.64. The van der Waals surface area contributed by atoms with Crippen molar-refractivity contribution in [3.63, 3.8) is 0 Å². The molecule has 4 nitrogen and oxygen atoms in total. The summed E-state index contributed by atoms with van der Waals surface area (Å²) in [5, 5.41) is 0.760. The Hall–Kier alpha value is -2.31. The maximum absolute atomic E-state index is 13.0. The first-order chi connectivity index (χ1) is 12.5. The number of hydrogen-bond donors (Lipinski definition) is 0. The fourth-order valence-electron chi connectivity index (χ4n) is 2.52. The van der Waals surface area contributed by atoms with E-state index in [1.165, 1.54) is 27.8 Å². The van der Waals surface area contributed by atoms with Crippen molar-refractivity contribution in [1.82, 2.24) is 4.98 Å². The van der Waals surface area contributed by atoms with Crippen LogP contribution in [0, 0.1) is 6.92 Å². The van der Waals surface area contributed by atoms with E-state index in [4.69, 9.17) is 0 Å². The van der Waals surface area contributed by atoms with Crippen LogP contribution < -0.4 is 4.31 Å². The van der Waals surface area contributed by atoms with Crippen molar-refractivity contribution in [1.29, 1.82) is 0 Å². The van der Waals surface area contributed by atoms with Crippen LogP contribution in [-0.4, -0.2) is 19.9 Å². The highest BCUT2D eigenvalue weighted by Crippen LogP contribution is 2.28. The van der Waals surface area contributed by atoms with Crippen LogP contribution in [0.25, 0.3) is 0 Å². The molecule has 0 atom stereocenters. The summed E-state index contributed by atoms with van der Waals surface area (Å²) in [4.78, 5) is 5.59. The zero-order chi connectivity index (χ0) is 18.6. The largest absolute Gasteiger partial charge is 0.267 e. The van der Waals surface area contributed by atoms with E-state index in [2.05, 4.69) is 4.98 Å². The molecule has 134 valence electrons. The normalized spacial score (nSPS) is 11.3. The fourth-order valence-corrected chi connectivity index (χ4v) is 4.69. The highest BCUT2D eigenvalue weighted by atomic mass is 32.2. The Balaban J connectivity index is 1.83. The minimum absolute atomic E-state index is 0.191. The lowest BCUT2D eigenvalue weighted by Crippen LogP contribution is -2.30. The van der Waals surface area contributed by atoms with Crippen molar-refractivity contribution in [3.8, 4) is 0 Å². The van der Waals surface area contributed by atoms with Gasteiger partial charge in [0.1, 0.15) is 9.92 Å². The molecule has 0 fully saturated rings. The van der Waals surface area contributed by atoms with Crippen molar-refractivity contribution in [2.75, 3.05) is 10.8 Å². The molecule has 0 unspecified atom stereocenters. The minimum atomic E-state index is -3.64. The van der Waals surface area contributed by atoms with Crippen molar-refractivity contribution in [2.45, 2.75) is 28.7 Å². The minimum Gasteiger partial charge on any atom is -0.267 e. The van der Waals surface area contributed by atoms with Gasteiger partial charge < -0.3 is 0 Å². The third-order valence-corrected chi connectivity index (χ3v) is 6.72. The molecule has 3 aromatic rings. The van der Waals surface area contributed by atoms with Gasteiger partial charge in [-0.3, -0.25) is 4.31 Å². The zero-order valence-corrected chi connectivity index (χ0v) is 16.3. The van der Waals surface area contributed by atoms with Crippen LogP contribution in [0.1, 0.15) is 12.5 Å². The molecule has 0 amide bonds. The number of sulfonamides is 1. The monoisotopic (exact) mass is 384 g/mol. The molecule has 0 aliphatic heterocycles. The molecule has 0 bridgehead atoms. The summed E-state index contributed by atoms with van der Waals surface area (Å²) in [5.74, 6) is 0. The van der Waals surface area contributed by atoms with Crippen LogP contribution >= 0.6 is 11.8 Å². The van der Waals surface area contributed by atoms with Crippen LogP contribution in [0.2, 0.25) is 0 Å². The highest BCUT2D eigenvalue weighted by Gasteiger charge is 2.23. The Bertz CT molecular complexity index is 955. The average molecular weight is 385 g/mol. The summed E-state index contributed by atoms with van der Waals surface area (Å²) >= 11 is 1.51. The number of nitrogens with zero attached hydrogens (tertiary/aromatic N) is 2. The van der Waals surface area contributed by atoms with Gasteiger partial charge >= 0.3 is 0 Å². The molecule has 0 radical (unpaired) electrons. The second-order valence-electron chi connectivity index (χ2n) is 5.75. The van der Waals surface area contributed by atoms with Crippen LogP contribution in [-0.2, 0) is 10.0 Å². The van der Waals surface area contributed by atoms with Crippen LogP contribution in [0.3, 0.4) is 0 Å². The molecule has 6 heteroatoms. The first-order valence-corrected chi connectivity index (χ1v) is 10.5. The predicted octanol–water partition coefficient (Wildman–Crippen LogP) is 4.76. The molecule has 0 saturated heterocycles. The van der Waals surface area contributed by atoms with Crippen molar-refractivity contribution in [2.24, 2.45) is 0 Å². The van der Waals surface area contributed by atoms with E-state index in [1.807, 2.05) is 56.3 Å². The quantitative estimate of drug-likeness (QED) is 0.615. The average Bonchev–Trinajstić information content (AvgIpc) is 2.65. The Kier molecular flexibility index (Phi) is 5.64. The summed E-state index contributed by atoms with van der Waals surface area (Å²) in [6.07, 6.45) is 1.43. The van der Waals surface area contributed by atoms with Gasteiger partial charge in [0.05, 0.1) is 5.69 Å².